The summed E-state index contributed by atoms with van der Waals surface area (Å²) >= 11 is 0. The fourth-order valence-corrected chi connectivity index (χ4v) is 5.53. The molecule has 5 nitrogen and oxygen atoms in total. The molecule has 0 saturated carbocycles. The Hall–Kier alpha value is -3.27. The molecule has 0 spiro atoms. The molecular weight excluding hydrogens is 491 g/mol. The monoisotopic (exact) mass is 520 g/mol. The van der Waals surface area contributed by atoms with Crippen molar-refractivity contribution < 1.29 is 26.7 Å². The highest BCUT2D eigenvalue weighted by molar-refractivity contribution is 5.86. The number of aromatic nitrogens is 2. The van der Waals surface area contributed by atoms with Crippen molar-refractivity contribution in [1.29, 1.82) is 0 Å². The van der Waals surface area contributed by atoms with Crippen molar-refractivity contribution in [1.82, 2.24) is 14.7 Å². The Balaban J connectivity index is 1.77. The number of aryl methyl sites for hydroxylation is 3. The van der Waals surface area contributed by atoms with Crippen molar-refractivity contribution in [2.24, 2.45) is 5.73 Å². The minimum Gasteiger partial charge on any atom is -0.368 e. The van der Waals surface area contributed by atoms with Gasteiger partial charge in [-0.25, -0.2) is 8.78 Å². The van der Waals surface area contributed by atoms with Gasteiger partial charge in [0.1, 0.15) is 22.7 Å². The van der Waals surface area contributed by atoms with Crippen molar-refractivity contribution in [3.05, 3.63) is 87.7 Å². The van der Waals surface area contributed by atoms with Gasteiger partial charge < -0.3 is 5.73 Å². The van der Waals surface area contributed by atoms with Crippen LogP contribution in [0.3, 0.4) is 0 Å². The Kier molecular flexibility index (Phi) is 7.16. The van der Waals surface area contributed by atoms with E-state index in [2.05, 4.69) is 5.10 Å². The maximum atomic E-state index is 14.3. The van der Waals surface area contributed by atoms with Crippen LogP contribution in [0, 0.1) is 18.6 Å². The summed E-state index contributed by atoms with van der Waals surface area (Å²) in [5, 5.41) is 4.65. The molecule has 1 aliphatic heterocycles. The average molecular weight is 521 g/mol. The van der Waals surface area contributed by atoms with E-state index in [0.717, 1.165) is 29.1 Å². The van der Waals surface area contributed by atoms with Gasteiger partial charge in [-0.3, -0.25) is 14.4 Å². The van der Waals surface area contributed by atoms with Crippen LogP contribution in [0.1, 0.15) is 60.0 Å². The van der Waals surface area contributed by atoms with Crippen LogP contribution in [0.5, 0.6) is 0 Å². The predicted octanol–water partition coefficient (Wildman–Crippen LogP) is 5.44. The third kappa shape index (κ3) is 4.74. The molecule has 2 atom stereocenters. The minimum absolute atomic E-state index is 0.0763. The van der Waals surface area contributed by atoms with Gasteiger partial charge in [0.05, 0.1) is 5.69 Å². The first-order chi connectivity index (χ1) is 17.4. The Morgan fingerprint density at radius 1 is 1.14 bits per heavy atom. The second kappa shape index (κ2) is 9.89. The van der Waals surface area contributed by atoms with Gasteiger partial charge in [0.2, 0.25) is 5.91 Å². The Labute approximate surface area is 212 Å². The number of alkyl halides is 3. The van der Waals surface area contributed by atoms with Crippen LogP contribution in [-0.2, 0) is 35.9 Å². The third-order valence-electron chi connectivity index (χ3n) is 7.36. The number of rotatable bonds is 7. The number of fused-ring (bicyclic) bond motifs is 1. The molecule has 0 bridgehead atoms. The molecule has 10 heteroatoms. The van der Waals surface area contributed by atoms with Gasteiger partial charge in [0.25, 0.3) is 0 Å². The lowest BCUT2D eigenvalue weighted by Crippen LogP contribution is -2.56. The van der Waals surface area contributed by atoms with E-state index in [4.69, 9.17) is 5.73 Å². The first kappa shape index (κ1) is 26.8. The van der Waals surface area contributed by atoms with Crippen LogP contribution in [0.2, 0.25) is 0 Å². The molecule has 3 aromatic rings. The van der Waals surface area contributed by atoms with Crippen LogP contribution in [0.25, 0.3) is 0 Å². The number of primary amides is 1. The van der Waals surface area contributed by atoms with Gasteiger partial charge in [0, 0.05) is 36.8 Å². The number of carbonyl (C=O) groups excluding carboxylic acids is 1. The smallest absolute Gasteiger partial charge is 0.368 e. The van der Waals surface area contributed by atoms with E-state index < -0.39 is 40.9 Å². The summed E-state index contributed by atoms with van der Waals surface area (Å²) in [6, 6.07) is 10.1. The summed E-state index contributed by atoms with van der Waals surface area (Å²) in [7, 11) is 0. The predicted molar refractivity (Wildman–Crippen MR) is 128 cm³/mol. The number of benzene rings is 2. The van der Waals surface area contributed by atoms with Crippen molar-refractivity contribution in [3.8, 4) is 0 Å². The van der Waals surface area contributed by atoms with Crippen molar-refractivity contribution >= 4 is 5.91 Å². The van der Waals surface area contributed by atoms with Crippen LogP contribution in [0.15, 0.2) is 42.5 Å². The lowest BCUT2D eigenvalue weighted by atomic mass is 9.82. The summed E-state index contributed by atoms with van der Waals surface area (Å²) in [6.07, 6.45) is -4.16. The molecule has 1 aliphatic rings. The summed E-state index contributed by atoms with van der Waals surface area (Å²) in [6.45, 7) is 6.69. The van der Waals surface area contributed by atoms with Gasteiger partial charge in [-0.15, -0.1) is 0 Å². The first-order valence-electron chi connectivity index (χ1n) is 12.1. The second-order valence-corrected chi connectivity index (χ2v) is 9.49. The number of carbonyl (C=O) groups is 1. The Morgan fingerprint density at radius 3 is 2.30 bits per heavy atom. The lowest BCUT2D eigenvalue weighted by Gasteiger charge is -2.47. The van der Waals surface area contributed by atoms with Crippen LogP contribution >= 0.6 is 0 Å². The fraction of sp³-hybridized carbons (Fsp3) is 0.407. The number of hydrogen-bond donors (Lipinski definition) is 1. The third-order valence-corrected chi connectivity index (χ3v) is 7.36. The summed E-state index contributed by atoms with van der Waals surface area (Å²) < 4.78 is 69.6. The van der Waals surface area contributed by atoms with Gasteiger partial charge in [-0.05, 0) is 56.9 Å². The van der Waals surface area contributed by atoms with Gasteiger partial charge in [-0.1, -0.05) is 30.3 Å². The molecule has 4 rings (SSSR count). The van der Waals surface area contributed by atoms with Gasteiger partial charge >= 0.3 is 6.18 Å². The zero-order chi connectivity index (χ0) is 27.1. The highest BCUT2D eigenvalue weighted by Crippen LogP contribution is 2.43. The van der Waals surface area contributed by atoms with E-state index in [1.807, 2.05) is 53.8 Å². The van der Waals surface area contributed by atoms with Gasteiger partial charge in [0.15, 0.2) is 0 Å². The number of hydrogen-bond acceptors (Lipinski definition) is 3. The molecule has 2 aromatic carbocycles. The van der Waals surface area contributed by atoms with E-state index in [1.165, 1.54) is 0 Å². The fourth-order valence-electron chi connectivity index (χ4n) is 5.53. The molecule has 0 radical (unpaired) electrons. The van der Waals surface area contributed by atoms with Gasteiger partial charge in [-0.2, -0.15) is 18.3 Å². The van der Waals surface area contributed by atoms with E-state index in [-0.39, 0.29) is 18.4 Å². The normalized spacial score (nSPS) is 17.9. The van der Waals surface area contributed by atoms with E-state index in [0.29, 0.717) is 25.1 Å². The first-order valence-corrected chi connectivity index (χ1v) is 12.1. The Bertz CT molecular complexity index is 1280. The summed E-state index contributed by atoms with van der Waals surface area (Å²) in [4.78, 5) is 15.0. The Morgan fingerprint density at radius 2 is 1.76 bits per heavy atom. The van der Waals surface area contributed by atoms with Crippen LogP contribution < -0.4 is 5.73 Å². The number of nitrogens with two attached hydrogens (primary N) is 1. The highest BCUT2D eigenvalue weighted by atomic mass is 19.4. The van der Waals surface area contributed by atoms with E-state index in [1.54, 1.807) is 6.92 Å². The molecule has 0 fully saturated rings. The largest absolute Gasteiger partial charge is 0.422 e. The average Bonchev–Trinajstić information content (AvgIpc) is 3.17. The van der Waals surface area contributed by atoms with E-state index in [9.17, 15) is 26.7 Å². The molecule has 2 heterocycles. The van der Waals surface area contributed by atoms with Crippen LogP contribution in [-0.4, -0.2) is 27.1 Å². The topological polar surface area (TPSA) is 64.2 Å². The zero-order valence-electron chi connectivity index (χ0n) is 20.9. The second-order valence-electron chi connectivity index (χ2n) is 9.49. The molecule has 37 heavy (non-hydrogen) atoms. The van der Waals surface area contributed by atoms with E-state index >= 15 is 0 Å². The number of amides is 1. The maximum Gasteiger partial charge on any atom is 0.422 e. The molecule has 198 valence electrons. The van der Waals surface area contributed by atoms with Crippen molar-refractivity contribution in [2.75, 3.05) is 6.54 Å². The molecule has 2 N–H and O–H groups in total. The quantitative estimate of drug-likeness (QED) is 0.422. The van der Waals surface area contributed by atoms with Crippen molar-refractivity contribution in [2.45, 2.75) is 64.3 Å². The molecule has 0 saturated heterocycles. The zero-order valence-corrected chi connectivity index (χ0v) is 20.9. The molecule has 1 aromatic heterocycles. The molecule has 1 amide bonds. The maximum absolute atomic E-state index is 14.3. The number of nitrogens with zero attached hydrogens (tertiary/aromatic N) is 3. The molecule has 2 unspecified atom stereocenters. The standard InChI is InChI=1S/C27H29F5N4O/c1-4-36-22-12-13-35(26(3,25(33)37)18-8-6-5-7-9-18)21(23(22)16(2)34-36)11-10-17-14-19(28)24(20(29)15-17)27(30,31)32/h5-9,14-15,21H,4,10-13H2,1-3H3,(H2,33,37). The highest BCUT2D eigenvalue weighted by Gasteiger charge is 2.46. The van der Waals surface area contributed by atoms with Crippen molar-refractivity contribution in [3.63, 3.8) is 0 Å². The minimum atomic E-state index is -5.13. The number of halogens is 5. The molecular formula is C27H29F5N4O. The molecule has 0 aliphatic carbocycles. The SMILES string of the molecule is CCn1nc(C)c2c1CCN(C(C)(C(N)=O)c1ccccc1)C2CCc1cc(F)c(C(F)(F)F)c(F)c1. The lowest BCUT2D eigenvalue weighted by molar-refractivity contribution is -0.142. The summed E-state index contributed by atoms with van der Waals surface area (Å²) in [5.41, 5.74) is 6.34. The van der Waals surface area contributed by atoms with Crippen LogP contribution in [0.4, 0.5) is 22.0 Å². The summed E-state index contributed by atoms with van der Waals surface area (Å²) in [5.74, 6) is -3.85.